The monoisotopic (exact) mass is 408 g/mol. The fourth-order valence-electron chi connectivity index (χ4n) is 2.94. The van der Waals surface area contributed by atoms with Crippen LogP contribution in [0.2, 0.25) is 0 Å². The molecular formula is C24H28N2O4. The van der Waals surface area contributed by atoms with Gasteiger partial charge in [-0.25, -0.2) is 4.98 Å². The molecule has 0 aliphatic carbocycles. The van der Waals surface area contributed by atoms with Crippen LogP contribution in [0.25, 0.3) is 0 Å². The van der Waals surface area contributed by atoms with Gasteiger partial charge in [0.25, 0.3) is 0 Å². The maximum absolute atomic E-state index is 10.1. The Morgan fingerprint density at radius 2 is 1.73 bits per heavy atom. The van der Waals surface area contributed by atoms with Gasteiger partial charge in [-0.15, -0.1) is 0 Å². The molecule has 6 heteroatoms. The Kier molecular flexibility index (Phi) is 8.20. The molecule has 0 aliphatic rings. The van der Waals surface area contributed by atoms with Crippen LogP contribution in [-0.2, 0) is 6.42 Å². The third-order valence-electron chi connectivity index (χ3n) is 4.63. The van der Waals surface area contributed by atoms with Gasteiger partial charge in [-0.3, -0.25) is 0 Å². The Morgan fingerprint density at radius 3 is 2.43 bits per heavy atom. The zero-order valence-corrected chi connectivity index (χ0v) is 17.1. The Bertz CT molecular complexity index is 887. The Balaban J connectivity index is 1.45. The Hall–Kier alpha value is -2.93. The molecule has 0 saturated carbocycles. The Morgan fingerprint density at radius 1 is 0.967 bits per heavy atom. The van der Waals surface area contributed by atoms with E-state index in [0.717, 1.165) is 16.9 Å². The number of ether oxygens (including phenoxy) is 2. The number of para-hydroxylation sites is 1. The number of pyridine rings is 1. The van der Waals surface area contributed by atoms with Crippen LogP contribution in [0.1, 0.15) is 11.1 Å². The number of nitrogens with one attached hydrogen (secondary N) is 1. The largest absolute Gasteiger partial charge is 0.491 e. The summed E-state index contributed by atoms with van der Waals surface area (Å²) in [7, 11) is 0. The van der Waals surface area contributed by atoms with E-state index in [9.17, 15) is 10.2 Å². The molecule has 3 N–H and O–H groups in total. The molecule has 0 aliphatic heterocycles. The van der Waals surface area contributed by atoms with E-state index < -0.39 is 6.10 Å². The zero-order chi connectivity index (χ0) is 21.2. The first-order chi connectivity index (χ1) is 14.6. The maximum atomic E-state index is 10.1. The molecule has 0 radical (unpaired) electrons. The maximum Gasteiger partial charge on any atom is 0.222 e. The molecule has 0 amide bonds. The van der Waals surface area contributed by atoms with Crippen LogP contribution in [0.4, 0.5) is 0 Å². The first-order valence-corrected chi connectivity index (χ1v) is 10.0. The van der Waals surface area contributed by atoms with Crippen molar-refractivity contribution < 1.29 is 19.7 Å². The van der Waals surface area contributed by atoms with Gasteiger partial charge >= 0.3 is 0 Å². The molecule has 2 atom stereocenters. The SMILES string of the molecule is Cc1cccnc1Oc1ccc(C[C@@H](CO)NC[C@H](O)COc2ccccc2)cc1. The normalized spacial score (nSPS) is 12.9. The second-order valence-corrected chi connectivity index (χ2v) is 7.14. The van der Waals surface area contributed by atoms with E-state index >= 15 is 0 Å². The van der Waals surface area contributed by atoms with Crippen LogP contribution in [0.5, 0.6) is 17.4 Å². The summed E-state index contributed by atoms with van der Waals surface area (Å²) in [4.78, 5) is 4.23. The van der Waals surface area contributed by atoms with Gasteiger partial charge in [-0.05, 0) is 49.2 Å². The van der Waals surface area contributed by atoms with Crippen molar-refractivity contribution in [3.63, 3.8) is 0 Å². The topological polar surface area (TPSA) is 83.8 Å². The third-order valence-corrected chi connectivity index (χ3v) is 4.63. The molecule has 3 rings (SSSR count). The standard InChI is InChI=1S/C24H28N2O4/c1-18-6-5-13-25-24(18)30-23-11-9-19(10-12-23)14-20(16-27)26-15-21(28)17-29-22-7-3-2-4-8-22/h2-13,20-21,26-28H,14-17H2,1H3/t20-,21-/m0/s1. The number of hydrogen-bond acceptors (Lipinski definition) is 6. The molecule has 1 heterocycles. The van der Waals surface area contributed by atoms with Gasteiger partial charge in [0.15, 0.2) is 0 Å². The van der Waals surface area contributed by atoms with E-state index in [1.807, 2.05) is 73.7 Å². The lowest BCUT2D eigenvalue weighted by Crippen LogP contribution is -2.41. The zero-order valence-electron chi connectivity index (χ0n) is 17.1. The first kappa shape index (κ1) is 21.8. The number of rotatable bonds is 11. The van der Waals surface area contributed by atoms with Crippen LogP contribution in [0.15, 0.2) is 72.9 Å². The summed E-state index contributed by atoms with van der Waals surface area (Å²) in [6, 6.07) is 20.7. The summed E-state index contributed by atoms with van der Waals surface area (Å²) in [6.45, 7) is 2.44. The predicted molar refractivity (Wildman–Crippen MR) is 116 cm³/mol. The van der Waals surface area contributed by atoms with Gasteiger partial charge in [0, 0.05) is 24.3 Å². The van der Waals surface area contributed by atoms with E-state index in [1.165, 1.54) is 0 Å². The van der Waals surface area contributed by atoms with Crippen LogP contribution in [0, 0.1) is 6.92 Å². The highest BCUT2D eigenvalue weighted by Crippen LogP contribution is 2.22. The summed E-state index contributed by atoms with van der Waals surface area (Å²) in [6.07, 6.45) is 1.66. The van der Waals surface area contributed by atoms with Gasteiger partial charge in [-0.2, -0.15) is 0 Å². The van der Waals surface area contributed by atoms with E-state index in [4.69, 9.17) is 9.47 Å². The second-order valence-electron chi connectivity index (χ2n) is 7.14. The second kappa shape index (κ2) is 11.3. The van der Waals surface area contributed by atoms with Crippen molar-refractivity contribution in [3.05, 3.63) is 84.1 Å². The average Bonchev–Trinajstić information content (AvgIpc) is 2.78. The quantitative estimate of drug-likeness (QED) is 0.452. The summed E-state index contributed by atoms with van der Waals surface area (Å²) in [5, 5.41) is 23.0. The third kappa shape index (κ3) is 6.84. The van der Waals surface area contributed by atoms with Crippen molar-refractivity contribution in [1.29, 1.82) is 0 Å². The molecule has 2 aromatic carbocycles. The lowest BCUT2D eigenvalue weighted by molar-refractivity contribution is 0.0997. The van der Waals surface area contributed by atoms with Gasteiger partial charge < -0.3 is 25.0 Å². The molecule has 158 valence electrons. The predicted octanol–water partition coefficient (Wildman–Crippen LogP) is 3.12. The number of aromatic nitrogens is 1. The van der Waals surface area contributed by atoms with Gasteiger partial charge in [0.05, 0.1) is 6.61 Å². The lowest BCUT2D eigenvalue weighted by Gasteiger charge is -2.19. The fraction of sp³-hybridized carbons (Fsp3) is 0.292. The van der Waals surface area contributed by atoms with Crippen LogP contribution in [0.3, 0.4) is 0 Å². The number of nitrogens with zero attached hydrogens (tertiary/aromatic N) is 1. The van der Waals surface area contributed by atoms with E-state index in [2.05, 4.69) is 10.3 Å². The molecule has 0 bridgehead atoms. The number of aryl methyl sites for hydroxylation is 1. The fourth-order valence-corrected chi connectivity index (χ4v) is 2.94. The summed E-state index contributed by atoms with van der Waals surface area (Å²) >= 11 is 0. The molecule has 0 unspecified atom stereocenters. The highest BCUT2D eigenvalue weighted by molar-refractivity contribution is 5.33. The van der Waals surface area contributed by atoms with E-state index in [-0.39, 0.29) is 19.3 Å². The van der Waals surface area contributed by atoms with Gasteiger partial charge in [0.2, 0.25) is 5.88 Å². The number of aliphatic hydroxyl groups excluding tert-OH is 2. The van der Waals surface area contributed by atoms with Gasteiger partial charge in [-0.1, -0.05) is 36.4 Å². The summed E-state index contributed by atoms with van der Waals surface area (Å²) in [5.74, 6) is 2.02. The van der Waals surface area contributed by atoms with Crippen LogP contribution in [-0.4, -0.2) is 47.1 Å². The number of hydrogen-bond donors (Lipinski definition) is 3. The lowest BCUT2D eigenvalue weighted by atomic mass is 10.1. The minimum absolute atomic E-state index is 0.0301. The van der Waals surface area contributed by atoms with Crippen molar-refractivity contribution in [2.24, 2.45) is 0 Å². The summed E-state index contributed by atoms with van der Waals surface area (Å²) in [5.41, 5.74) is 2.03. The highest BCUT2D eigenvalue weighted by Gasteiger charge is 2.12. The molecule has 6 nitrogen and oxygen atoms in total. The van der Waals surface area contributed by atoms with Gasteiger partial charge in [0.1, 0.15) is 24.2 Å². The van der Waals surface area contributed by atoms with Crippen molar-refractivity contribution in [2.75, 3.05) is 19.8 Å². The molecule has 0 fully saturated rings. The Labute approximate surface area is 177 Å². The minimum atomic E-state index is -0.670. The van der Waals surface area contributed by atoms with Crippen LogP contribution < -0.4 is 14.8 Å². The van der Waals surface area contributed by atoms with Crippen LogP contribution >= 0.6 is 0 Å². The minimum Gasteiger partial charge on any atom is -0.491 e. The van der Waals surface area contributed by atoms with E-state index in [1.54, 1.807) is 6.20 Å². The van der Waals surface area contributed by atoms with Crippen molar-refractivity contribution in [1.82, 2.24) is 10.3 Å². The average molecular weight is 408 g/mol. The molecule has 3 aromatic rings. The molecule has 1 aromatic heterocycles. The highest BCUT2D eigenvalue weighted by atomic mass is 16.5. The molecular weight excluding hydrogens is 380 g/mol. The molecule has 30 heavy (non-hydrogen) atoms. The van der Waals surface area contributed by atoms with Crippen molar-refractivity contribution in [3.8, 4) is 17.4 Å². The number of aliphatic hydroxyl groups is 2. The van der Waals surface area contributed by atoms with Crippen molar-refractivity contribution in [2.45, 2.75) is 25.5 Å². The molecule has 0 spiro atoms. The molecule has 0 saturated heterocycles. The van der Waals surface area contributed by atoms with E-state index in [0.29, 0.717) is 24.6 Å². The van der Waals surface area contributed by atoms with Crippen molar-refractivity contribution >= 4 is 0 Å². The smallest absolute Gasteiger partial charge is 0.222 e. The summed E-state index contributed by atoms with van der Waals surface area (Å²) < 4.78 is 11.4. The first-order valence-electron chi connectivity index (χ1n) is 10.0. The number of benzene rings is 2.